The quantitative estimate of drug-likeness (QED) is 0.703. The highest BCUT2D eigenvalue weighted by Gasteiger charge is 2.16. The van der Waals surface area contributed by atoms with E-state index in [1.54, 1.807) is 0 Å². The SMILES string of the molecule is CC(c1ccccc1)N1C=CN(C)C1. The van der Waals surface area contributed by atoms with Gasteiger partial charge in [0.15, 0.2) is 0 Å². The van der Waals surface area contributed by atoms with Crippen molar-refractivity contribution in [2.24, 2.45) is 0 Å². The summed E-state index contributed by atoms with van der Waals surface area (Å²) in [4.78, 5) is 4.51. The second kappa shape index (κ2) is 3.74. The first-order chi connectivity index (χ1) is 6.77. The van der Waals surface area contributed by atoms with E-state index in [-0.39, 0.29) is 0 Å². The monoisotopic (exact) mass is 188 g/mol. The van der Waals surface area contributed by atoms with E-state index in [9.17, 15) is 0 Å². The Hall–Kier alpha value is -1.44. The summed E-state index contributed by atoms with van der Waals surface area (Å²) in [5.41, 5.74) is 1.37. The van der Waals surface area contributed by atoms with Crippen LogP contribution in [-0.2, 0) is 0 Å². The zero-order valence-electron chi connectivity index (χ0n) is 8.72. The molecule has 2 heteroatoms. The molecule has 0 N–H and O–H groups in total. The summed E-state index contributed by atoms with van der Waals surface area (Å²) in [6, 6.07) is 11.1. The van der Waals surface area contributed by atoms with Crippen LogP contribution in [0.15, 0.2) is 42.7 Å². The molecule has 14 heavy (non-hydrogen) atoms. The Morgan fingerprint density at radius 1 is 1.14 bits per heavy atom. The lowest BCUT2D eigenvalue weighted by Crippen LogP contribution is -2.25. The van der Waals surface area contributed by atoms with Crippen LogP contribution in [-0.4, -0.2) is 23.5 Å². The van der Waals surface area contributed by atoms with Gasteiger partial charge in [-0.25, -0.2) is 0 Å². The third-order valence-corrected chi connectivity index (χ3v) is 2.68. The van der Waals surface area contributed by atoms with E-state index >= 15 is 0 Å². The van der Waals surface area contributed by atoms with Crippen LogP contribution < -0.4 is 0 Å². The first-order valence-corrected chi connectivity index (χ1v) is 4.96. The molecule has 0 saturated heterocycles. The molecule has 0 spiro atoms. The van der Waals surface area contributed by atoms with Crippen LogP contribution in [0.1, 0.15) is 18.5 Å². The maximum atomic E-state index is 2.33. The first-order valence-electron chi connectivity index (χ1n) is 4.96. The van der Waals surface area contributed by atoms with E-state index in [1.807, 2.05) is 0 Å². The Morgan fingerprint density at radius 3 is 2.43 bits per heavy atom. The fourth-order valence-corrected chi connectivity index (χ4v) is 1.73. The Balaban J connectivity index is 2.10. The second-order valence-corrected chi connectivity index (χ2v) is 3.80. The molecule has 1 unspecified atom stereocenters. The fourth-order valence-electron chi connectivity index (χ4n) is 1.73. The molecule has 2 nitrogen and oxygen atoms in total. The predicted molar refractivity (Wildman–Crippen MR) is 58.5 cm³/mol. The first kappa shape index (κ1) is 9.13. The number of hydrogen-bond acceptors (Lipinski definition) is 2. The molecule has 2 rings (SSSR count). The standard InChI is InChI=1S/C12H16N2/c1-11(12-6-4-3-5-7-12)14-9-8-13(2)10-14/h3-9,11H,10H2,1-2H3. The van der Waals surface area contributed by atoms with Gasteiger partial charge in [-0.1, -0.05) is 30.3 Å². The molecule has 0 fully saturated rings. The van der Waals surface area contributed by atoms with Gasteiger partial charge in [-0.3, -0.25) is 0 Å². The summed E-state index contributed by atoms with van der Waals surface area (Å²) in [5, 5.41) is 0. The zero-order valence-corrected chi connectivity index (χ0v) is 8.72. The molecule has 0 amide bonds. The molecule has 1 aliphatic heterocycles. The largest absolute Gasteiger partial charge is 0.362 e. The van der Waals surface area contributed by atoms with Crippen LogP contribution in [0.4, 0.5) is 0 Å². The lowest BCUT2D eigenvalue weighted by Gasteiger charge is -2.25. The van der Waals surface area contributed by atoms with Crippen LogP contribution in [0, 0.1) is 0 Å². The van der Waals surface area contributed by atoms with Crippen molar-refractivity contribution in [3.63, 3.8) is 0 Å². The molecule has 1 aromatic rings. The topological polar surface area (TPSA) is 6.48 Å². The highest BCUT2D eigenvalue weighted by Crippen LogP contribution is 2.22. The minimum Gasteiger partial charge on any atom is -0.362 e. The van der Waals surface area contributed by atoms with Crippen molar-refractivity contribution in [3.8, 4) is 0 Å². The van der Waals surface area contributed by atoms with Crippen LogP contribution in [0.25, 0.3) is 0 Å². The molecule has 1 aliphatic rings. The predicted octanol–water partition coefficient (Wildman–Crippen LogP) is 2.42. The molecule has 0 aromatic heterocycles. The minimum atomic E-state index is 0.456. The summed E-state index contributed by atoms with van der Waals surface area (Å²) in [6.45, 7) is 3.22. The van der Waals surface area contributed by atoms with Gasteiger partial charge in [0.05, 0.1) is 12.7 Å². The van der Waals surface area contributed by atoms with E-state index < -0.39 is 0 Å². The molecule has 0 radical (unpaired) electrons. The highest BCUT2D eigenvalue weighted by atomic mass is 15.3. The molecular formula is C12H16N2. The van der Waals surface area contributed by atoms with Crippen LogP contribution in [0.2, 0.25) is 0 Å². The number of nitrogens with zero attached hydrogens (tertiary/aromatic N) is 2. The Morgan fingerprint density at radius 2 is 1.86 bits per heavy atom. The summed E-state index contributed by atoms with van der Waals surface area (Å²) in [5.74, 6) is 0. The molecule has 1 atom stereocenters. The molecule has 0 saturated carbocycles. The van der Waals surface area contributed by atoms with E-state index in [0.29, 0.717) is 6.04 Å². The van der Waals surface area contributed by atoms with Gasteiger partial charge in [0.2, 0.25) is 0 Å². The lowest BCUT2D eigenvalue weighted by atomic mass is 10.1. The molecule has 74 valence electrons. The number of hydrogen-bond donors (Lipinski definition) is 0. The van der Waals surface area contributed by atoms with Gasteiger partial charge >= 0.3 is 0 Å². The third-order valence-electron chi connectivity index (χ3n) is 2.68. The van der Waals surface area contributed by atoms with Crippen LogP contribution in [0.5, 0.6) is 0 Å². The molecule has 1 aromatic carbocycles. The van der Waals surface area contributed by atoms with E-state index in [2.05, 4.69) is 66.5 Å². The Labute approximate surface area is 85.4 Å². The zero-order chi connectivity index (χ0) is 9.97. The van der Waals surface area contributed by atoms with Gasteiger partial charge in [0, 0.05) is 19.4 Å². The molecule has 1 heterocycles. The van der Waals surface area contributed by atoms with Crippen molar-refractivity contribution in [1.29, 1.82) is 0 Å². The second-order valence-electron chi connectivity index (χ2n) is 3.80. The van der Waals surface area contributed by atoms with Crippen molar-refractivity contribution in [3.05, 3.63) is 48.3 Å². The molecule has 0 aliphatic carbocycles. The van der Waals surface area contributed by atoms with Crippen LogP contribution >= 0.6 is 0 Å². The third kappa shape index (κ3) is 1.74. The average molecular weight is 188 g/mol. The summed E-state index contributed by atoms with van der Waals surface area (Å²) in [6.07, 6.45) is 4.26. The van der Waals surface area contributed by atoms with E-state index in [0.717, 1.165) is 6.67 Å². The van der Waals surface area contributed by atoms with E-state index in [4.69, 9.17) is 0 Å². The maximum absolute atomic E-state index is 2.33. The normalized spacial score (nSPS) is 17.6. The summed E-state index contributed by atoms with van der Waals surface area (Å²) >= 11 is 0. The van der Waals surface area contributed by atoms with Gasteiger partial charge < -0.3 is 9.80 Å². The number of rotatable bonds is 2. The van der Waals surface area contributed by atoms with Crippen molar-refractivity contribution in [1.82, 2.24) is 9.80 Å². The van der Waals surface area contributed by atoms with E-state index in [1.165, 1.54) is 5.56 Å². The van der Waals surface area contributed by atoms with Crippen LogP contribution in [0.3, 0.4) is 0 Å². The van der Waals surface area contributed by atoms with Crippen molar-refractivity contribution in [2.45, 2.75) is 13.0 Å². The van der Waals surface area contributed by atoms with Crippen molar-refractivity contribution >= 4 is 0 Å². The van der Waals surface area contributed by atoms with Crippen molar-refractivity contribution in [2.75, 3.05) is 13.7 Å². The fraction of sp³-hybridized carbons (Fsp3) is 0.333. The van der Waals surface area contributed by atoms with Gasteiger partial charge in [-0.2, -0.15) is 0 Å². The van der Waals surface area contributed by atoms with Gasteiger partial charge in [0.25, 0.3) is 0 Å². The smallest absolute Gasteiger partial charge is 0.0896 e. The Bertz CT molecular complexity index is 318. The Kier molecular flexibility index (Phi) is 2.44. The van der Waals surface area contributed by atoms with Gasteiger partial charge in [-0.05, 0) is 12.5 Å². The summed E-state index contributed by atoms with van der Waals surface area (Å²) < 4.78 is 0. The maximum Gasteiger partial charge on any atom is 0.0896 e. The number of benzene rings is 1. The average Bonchev–Trinajstić information content (AvgIpc) is 2.65. The lowest BCUT2D eigenvalue weighted by molar-refractivity contribution is 0.244. The molecular weight excluding hydrogens is 172 g/mol. The minimum absolute atomic E-state index is 0.456. The summed E-state index contributed by atoms with van der Waals surface area (Å²) in [7, 11) is 2.09. The molecule has 0 bridgehead atoms. The van der Waals surface area contributed by atoms with Crippen molar-refractivity contribution < 1.29 is 0 Å². The van der Waals surface area contributed by atoms with Gasteiger partial charge in [-0.15, -0.1) is 0 Å². The van der Waals surface area contributed by atoms with Gasteiger partial charge in [0.1, 0.15) is 0 Å². The highest BCUT2D eigenvalue weighted by molar-refractivity contribution is 5.19.